The predicted octanol–water partition coefficient (Wildman–Crippen LogP) is 4.68. The lowest BCUT2D eigenvalue weighted by Gasteiger charge is -2.09. The Labute approximate surface area is 121 Å². The van der Waals surface area contributed by atoms with Crippen molar-refractivity contribution < 1.29 is 9.18 Å². The van der Waals surface area contributed by atoms with E-state index in [9.17, 15) is 9.18 Å². The maximum Gasteiger partial charge on any atom is 0.168 e. The number of anilines is 1. The normalized spacial score (nSPS) is 10.1. The Morgan fingerprint density at radius 2 is 1.90 bits per heavy atom. The third-order valence-corrected chi connectivity index (χ3v) is 3.00. The van der Waals surface area contributed by atoms with Crippen molar-refractivity contribution in [1.82, 2.24) is 0 Å². The highest BCUT2D eigenvalue weighted by molar-refractivity contribution is 6.31. The van der Waals surface area contributed by atoms with Gasteiger partial charge < -0.3 is 5.32 Å². The van der Waals surface area contributed by atoms with Crippen LogP contribution in [0.1, 0.15) is 16.8 Å². The van der Waals surface area contributed by atoms with Gasteiger partial charge in [-0.15, -0.1) is 0 Å². The maximum atomic E-state index is 13.0. The molecule has 0 amide bonds. The summed E-state index contributed by atoms with van der Waals surface area (Å²) in [5.41, 5.74) is 1.76. The number of nitrogens with one attached hydrogen (secondary N) is 1. The number of allylic oxidation sites excluding steroid dienone is 1. The van der Waals surface area contributed by atoms with Gasteiger partial charge in [0.2, 0.25) is 0 Å². The molecule has 2 rings (SSSR count). The molecule has 0 aliphatic rings. The molecule has 2 aromatic carbocycles. The monoisotopic (exact) mass is 289 g/mol. The summed E-state index contributed by atoms with van der Waals surface area (Å²) in [5.74, 6) is -0.514. The van der Waals surface area contributed by atoms with Gasteiger partial charge in [0.1, 0.15) is 5.82 Å². The lowest BCUT2D eigenvalue weighted by atomic mass is 10.1. The lowest BCUT2D eigenvalue weighted by Crippen LogP contribution is -2.06. The first-order valence-corrected chi connectivity index (χ1v) is 6.42. The smallest absolute Gasteiger partial charge is 0.168 e. The predicted molar refractivity (Wildman–Crippen MR) is 79.6 cm³/mol. The van der Waals surface area contributed by atoms with Crippen molar-refractivity contribution in [2.24, 2.45) is 0 Å². The van der Waals surface area contributed by atoms with Crippen LogP contribution in [0.3, 0.4) is 0 Å². The zero-order valence-corrected chi connectivity index (χ0v) is 11.5. The van der Waals surface area contributed by atoms with Crippen LogP contribution >= 0.6 is 11.6 Å². The van der Waals surface area contributed by atoms with Crippen molar-refractivity contribution in [3.63, 3.8) is 0 Å². The molecule has 0 fully saturated rings. The largest absolute Gasteiger partial charge is 0.359 e. The molecule has 2 nitrogen and oxygen atoms in total. The summed E-state index contributed by atoms with van der Waals surface area (Å²) in [4.78, 5) is 12.0. The van der Waals surface area contributed by atoms with E-state index in [1.807, 2.05) is 18.2 Å². The SMILES string of the molecule is C=C(CC(=O)c1ccccc1)Nc1ccc(F)c(Cl)c1. The van der Waals surface area contributed by atoms with Crippen molar-refractivity contribution >= 4 is 23.1 Å². The van der Waals surface area contributed by atoms with E-state index in [0.717, 1.165) is 0 Å². The number of benzene rings is 2. The molecule has 0 unspecified atom stereocenters. The summed E-state index contributed by atoms with van der Waals surface area (Å²) >= 11 is 5.69. The van der Waals surface area contributed by atoms with Crippen LogP contribution in [0.5, 0.6) is 0 Å². The molecule has 0 heterocycles. The van der Waals surface area contributed by atoms with Crippen LogP contribution in [0.25, 0.3) is 0 Å². The zero-order chi connectivity index (χ0) is 14.5. The van der Waals surface area contributed by atoms with Crippen LogP contribution in [0.15, 0.2) is 60.8 Å². The molecule has 20 heavy (non-hydrogen) atoms. The van der Waals surface area contributed by atoms with E-state index in [-0.39, 0.29) is 17.2 Å². The first kappa shape index (κ1) is 14.3. The Balaban J connectivity index is 1.99. The molecule has 0 saturated carbocycles. The second-order valence-electron chi connectivity index (χ2n) is 4.32. The van der Waals surface area contributed by atoms with Crippen molar-refractivity contribution in [3.05, 3.63) is 77.2 Å². The van der Waals surface area contributed by atoms with E-state index in [1.165, 1.54) is 12.1 Å². The minimum absolute atomic E-state index is 0.0252. The fourth-order valence-corrected chi connectivity index (χ4v) is 1.92. The molecule has 2 aromatic rings. The molecule has 0 bridgehead atoms. The van der Waals surface area contributed by atoms with Crippen LogP contribution in [0, 0.1) is 5.82 Å². The Morgan fingerprint density at radius 3 is 2.55 bits per heavy atom. The molecule has 4 heteroatoms. The summed E-state index contributed by atoms with van der Waals surface area (Å²) in [5, 5.41) is 2.97. The van der Waals surface area contributed by atoms with Gasteiger partial charge in [-0.1, -0.05) is 48.5 Å². The third kappa shape index (κ3) is 3.68. The van der Waals surface area contributed by atoms with Gasteiger partial charge in [0.15, 0.2) is 5.78 Å². The highest BCUT2D eigenvalue weighted by Crippen LogP contribution is 2.21. The maximum absolute atomic E-state index is 13.0. The van der Waals surface area contributed by atoms with Gasteiger partial charge in [-0.2, -0.15) is 0 Å². The minimum atomic E-state index is -0.483. The molecule has 1 N–H and O–H groups in total. The molecule has 0 saturated heterocycles. The second kappa shape index (κ2) is 6.35. The molecular formula is C16H13ClFNO. The standard InChI is InChI=1S/C16H13ClFNO/c1-11(9-16(20)12-5-3-2-4-6-12)19-13-7-8-15(18)14(17)10-13/h2-8,10,19H,1,9H2. The van der Waals surface area contributed by atoms with E-state index >= 15 is 0 Å². The number of carbonyl (C=O) groups excluding carboxylic acids is 1. The van der Waals surface area contributed by atoms with Crippen LogP contribution in [-0.4, -0.2) is 5.78 Å². The van der Waals surface area contributed by atoms with Gasteiger partial charge in [-0.3, -0.25) is 4.79 Å². The van der Waals surface area contributed by atoms with Crippen molar-refractivity contribution in [1.29, 1.82) is 0 Å². The molecule has 0 atom stereocenters. The number of halogens is 2. The molecule has 0 aliphatic heterocycles. The van der Waals surface area contributed by atoms with Crippen molar-refractivity contribution in [2.75, 3.05) is 5.32 Å². The summed E-state index contributed by atoms with van der Waals surface area (Å²) in [6.07, 6.45) is 0.166. The van der Waals surface area contributed by atoms with Crippen LogP contribution in [0.2, 0.25) is 5.02 Å². The fraction of sp³-hybridized carbons (Fsp3) is 0.0625. The fourth-order valence-electron chi connectivity index (χ4n) is 1.74. The number of hydrogen-bond acceptors (Lipinski definition) is 2. The van der Waals surface area contributed by atoms with E-state index in [4.69, 9.17) is 11.6 Å². The lowest BCUT2D eigenvalue weighted by molar-refractivity contribution is 0.0993. The minimum Gasteiger partial charge on any atom is -0.359 e. The van der Waals surface area contributed by atoms with E-state index < -0.39 is 5.82 Å². The second-order valence-corrected chi connectivity index (χ2v) is 4.73. The number of ketones is 1. The highest BCUT2D eigenvalue weighted by atomic mass is 35.5. The van der Waals surface area contributed by atoms with Gasteiger partial charge >= 0.3 is 0 Å². The molecule has 0 aliphatic carbocycles. The molecule has 102 valence electrons. The number of hydrogen-bond donors (Lipinski definition) is 1. The van der Waals surface area contributed by atoms with Crippen LogP contribution in [0.4, 0.5) is 10.1 Å². The van der Waals surface area contributed by atoms with Crippen molar-refractivity contribution in [3.8, 4) is 0 Å². The Bertz CT molecular complexity index is 640. The van der Waals surface area contributed by atoms with Gasteiger partial charge in [0, 0.05) is 16.9 Å². The zero-order valence-electron chi connectivity index (χ0n) is 10.7. The van der Waals surface area contributed by atoms with E-state index in [2.05, 4.69) is 11.9 Å². The van der Waals surface area contributed by atoms with Gasteiger partial charge in [-0.05, 0) is 18.2 Å². The van der Waals surface area contributed by atoms with Crippen LogP contribution in [-0.2, 0) is 0 Å². The van der Waals surface area contributed by atoms with Gasteiger partial charge in [0.25, 0.3) is 0 Å². The number of Topliss-reactive ketones (excluding diaryl/α,β-unsaturated/α-hetero) is 1. The third-order valence-electron chi connectivity index (χ3n) is 2.71. The topological polar surface area (TPSA) is 29.1 Å². The van der Waals surface area contributed by atoms with E-state index in [0.29, 0.717) is 16.9 Å². The molecule has 0 spiro atoms. The highest BCUT2D eigenvalue weighted by Gasteiger charge is 2.08. The summed E-state index contributed by atoms with van der Waals surface area (Å²) in [6.45, 7) is 3.80. The molecule has 0 aromatic heterocycles. The average Bonchev–Trinajstić information content (AvgIpc) is 2.44. The van der Waals surface area contributed by atoms with E-state index in [1.54, 1.807) is 18.2 Å². The first-order valence-electron chi connectivity index (χ1n) is 6.04. The quantitative estimate of drug-likeness (QED) is 0.810. The van der Waals surface area contributed by atoms with Gasteiger partial charge in [-0.25, -0.2) is 4.39 Å². The summed E-state index contributed by atoms with van der Waals surface area (Å²) in [7, 11) is 0. The van der Waals surface area contributed by atoms with Gasteiger partial charge in [0.05, 0.1) is 11.4 Å². The van der Waals surface area contributed by atoms with Crippen LogP contribution < -0.4 is 5.32 Å². The number of carbonyl (C=O) groups is 1. The Morgan fingerprint density at radius 1 is 1.20 bits per heavy atom. The molecular weight excluding hydrogens is 277 g/mol. The Kier molecular flexibility index (Phi) is 4.53. The Hall–Kier alpha value is -2.13. The summed E-state index contributed by atoms with van der Waals surface area (Å²) < 4.78 is 13.0. The first-order chi connectivity index (χ1) is 9.56. The summed E-state index contributed by atoms with van der Waals surface area (Å²) in [6, 6.07) is 13.2. The number of rotatable bonds is 5. The average molecular weight is 290 g/mol. The van der Waals surface area contributed by atoms with Crippen molar-refractivity contribution in [2.45, 2.75) is 6.42 Å². The molecule has 0 radical (unpaired) electrons.